The molecule has 26 heavy (non-hydrogen) atoms. The summed E-state index contributed by atoms with van der Waals surface area (Å²) in [6.45, 7) is 0.808. The summed E-state index contributed by atoms with van der Waals surface area (Å²) < 4.78 is 5.11. The average molecular weight is 373 g/mol. The number of carbonyl (C=O) groups is 2. The molecule has 0 aliphatic heterocycles. The quantitative estimate of drug-likeness (QED) is 0.785. The Labute approximate surface area is 157 Å². The van der Waals surface area contributed by atoms with E-state index in [0.717, 1.165) is 16.9 Å². The van der Waals surface area contributed by atoms with Gasteiger partial charge in [0.2, 0.25) is 11.8 Å². The molecule has 136 valence electrons. The number of rotatable bonds is 7. The highest BCUT2D eigenvalue weighted by Gasteiger charge is 2.47. The van der Waals surface area contributed by atoms with Gasteiger partial charge in [0.25, 0.3) is 0 Å². The Kier molecular flexibility index (Phi) is 5.78. The molecule has 6 heteroatoms. The fourth-order valence-electron chi connectivity index (χ4n) is 2.79. The maximum Gasteiger partial charge on any atom is 0.224 e. The summed E-state index contributed by atoms with van der Waals surface area (Å²) in [6, 6.07) is 14.9. The molecule has 0 bridgehead atoms. The van der Waals surface area contributed by atoms with Crippen LogP contribution in [0.1, 0.15) is 17.5 Å². The number of methoxy groups -OCH3 is 1. The van der Waals surface area contributed by atoms with E-state index in [9.17, 15) is 9.59 Å². The highest BCUT2D eigenvalue weighted by molar-refractivity contribution is 6.31. The van der Waals surface area contributed by atoms with Gasteiger partial charge in [-0.05, 0) is 35.7 Å². The number of halogens is 1. The molecule has 0 saturated heterocycles. The van der Waals surface area contributed by atoms with Gasteiger partial charge in [-0.2, -0.15) is 0 Å². The van der Waals surface area contributed by atoms with Gasteiger partial charge < -0.3 is 15.4 Å². The molecule has 1 saturated carbocycles. The normalized spacial score (nSPS) is 18.1. The molecule has 1 fully saturated rings. The summed E-state index contributed by atoms with van der Waals surface area (Å²) in [5, 5.41) is 6.36. The van der Waals surface area contributed by atoms with Crippen molar-refractivity contribution in [3.63, 3.8) is 0 Å². The molecule has 2 N–H and O–H groups in total. The van der Waals surface area contributed by atoms with Crippen molar-refractivity contribution in [2.45, 2.75) is 19.5 Å². The molecule has 3 rings (SSSR count). The highest BCUT2D eigenvalue weighted by Crippen LogP contribution is 2.38. The minimum atomic E-state index is -0.256. The summed E-state index contributed by atoms with van der Waals surface area (Å²) in [5.74, 6) is 0.0820. The van der Waals surface area contributed by atoms with E-state index in [0.29, 0.717) is 24.5 Å². The fraction of sp³-hybridized carbons (Fsp3) is 0.300. The minimum Gasteiger partial charge on any atom is -0.497 e. The van der Waals surface area contributed by atoms with E-state index in [1.165, 1.54) is 0 Å². The first-order chi connectivity index (χ1) is 12.6. The van der Waals surface area contributed by atoms with Crippen LogP contribution in [0.5, 0.6) is 5.75 Å². The minimum absolute atomic E-state index is 0.0845. The van der Waals surface area contributed by atoms with E-state index >= 15 is 0 Å². The Morgan fingerprint density at radius 2 is 1.62 bits per heavy atom. The van der Waals surface area contributed by atoms with Crippen LogP contribution >= 0.6 is 11.6 Å². The second-order valence-electron chi connectivity index (χ2n) is 6.32. The van der Waals surface area contributed by atoms with Gasteiger partial charge in [0.05, 0.1) is 18.9 Å². The van der Waals surface area contributed by atoms with Gasteiger partial charge in [-0.1, -0.05) is 41.9 Å². The van der Waals surface area contributed by atoms with E-state index in [1.807, 2.05) is 42.5 Å². The van der Waals surface area contributed by atoms with E-state index < -0.39 is 0 Å². The highest BCUT2D eigenvalue weighted by atomic mass is 35.5. The van der Waals surface area contributed by atoms with Gasteiger partial charge in [0, 0.05) is 18.1 Å². The van der Waals surface area contributed by atoms with E-state index in [1.54, 1.807) is 13.2 Å². The molecule has 0 radical (unpaired) electrons. The molecule has 0 spiro atoms. The second kappa shape index (κ2) is 8.23. The summed E-state index contributed by atoms with van der Waals surface area (Å²) in [5.41, 5.74) is 1.85. The Morgan fingerprint density at radius 3 is 2.23 bits per heavy atom. The maximum absolute atomic E-state index is 12.2. The van der Waals surface area contributed by atoms with Crippen molar-refractivity contribution in [2.75, 3.05) is 7.11 Å². The third-order valence-electron chi connectivity index (χ3n) is 4.50. The van der Waals surface area contributed by atoms with Gasteiger partial charge in [-0.25, -0.2) is 0 Å². The molecule has 1 aliphatic rings. The molecule has 2 atom stereocenters. The van der Waals surface area contributed by atoms with Crippen LogP contribution in [0.4, 0.5) is 0 Å². The molecule has 2 aromatic rings. The van der Waals surface area contributed by atoms with Crippen molar-refractivity contribution in [2.24, 2.45) is 11.8 Å². The molecule has 5 nitrogen and oxygen atoms in total. The first-order valence-corrected chi connectivity index (χ1v) is 8.88. The number of hydrogen-bond acceptors (Lipinski definition) is 3. The first kappa shape index (κ1) is 18.3. The SMILES string of the molecule is COc1ccc(CNC(=O)C2CC2C(=O)NCc2ccccc2Cl)cc1. The van der Waals surface area contributed by atoms with Gasteiger partial charge in [-0.15, -0.1) is 0 Å². The molecule has 2 aromatic carbocycles. The summed E-state index contributed by atoms with van der Waals surface area (Å²) >= 11 is 6.08. The number of nitrogens with one attached hydrogen (secondary N) is 2. The molecular weight excluding hydrogens is 352 g/mol. The predicted molar refractivity (Wildman–Crippen MR) is 99.7 cm³/mol. The first-order valence-electron chi connectivity index (χ1n) is 8.50. The van der Waals surface area contributed by atoms with Crippen molar-refractivity contribution in [3.05, 3.63) is 64.7 Å². The van der Waals surface area contributed by atoms with Crippen LogP contribution in [0.15, 0.2) is 48.5 Å². The van der Waals surface area contributed by atoms with Crippen LogP contribution in [0.25, 0.3) is 0 Å². The third-order valence-corrected chi connectivity index (χ3v) is 4.87. The molecular formula is C20H21ClN2O3. The fourth-order valence-corrected chi connectivity index (χ4v) is 3.00. The van der Waals surface area contributed by atoms with Gasteiger partial charge in [0.1, 0.15) is 5.75 Å². The van der Waals surface area contributed by atoms with E-state index in [4.69, 9.17) is 16.3 Å². The van der Waals surface area contributed by atoms with Crippen LogP contribution in [-0.4, -0.2) is 18.9 Å². The van der Waals surface area contributed by atoms with Crippen LogP contribution in [0, 0.1) is 11.8 Å². The van der Waals surface area contributed by atoms with E-state index in [-0.39, 0.29) is 23.7 Å². The van der Waals surface area contributed by atoms with E-state index in [2.05, 4.69) is 10.6 Å². The lowest BCUT2D eigenvalue weighted by Crippen LogP contribution is -2.29. The Hall–Kier alpha value is -2.53. The number of hydrogen-bond donors (Lipinski definition) is 2. The van der Waals surface area contributed by atoms with Crippen molar-refractivity contribution in [1.29, 1.82) is 0 Å². The third kappa shape index (κ3) is 4.55. The van der Waals surface area contributed by atoms with Crippen molar-refractivity contribution in [3.8, 4) is 5.75 Å². The average Bonchev–Trinajstić information content (AvgIpc) is 3.46. The predicted octanol–water partition coefficient (Wildman–Crippen LogP) is 2.92. The molecule has 0 heterocycles. The standard InChI is InChI=1S/C20H21ClN2O3/c1-26-15-8-6-13(7-9-15)11-22-19(24)16-10-17(16)20(25)23-12-14-4-2-3-5-18(14)21/h2-9,16-17H,10-12H2,1H3,(H,22,24)(H,23,25). The topological polar surface area (TPSA) is 67.4 Å². The van der Waals surface area contributed by atoms with Gasteiger partial charge >= 0.3 is 0 Å². The van der Waals surface area contributed by atoms with Crippen LogP contribution < -0.4 is 15.4 Å². The molecule has 2 amide bonds. The second-order valence-corrected chi connectivity index (χ2v) is 6.73. The monoisotopic (exact) mass is 372 g/mol. The number of amides is 2. The van der Waals surface area contributed by atoms with Crippen LogP contribution in [-0.2, 0) is 22.7 Å². The Bertz CT molecular complexity index is 792. The summed E-state index contributed by atoms with van der Waals surface area (Å²) in [6.07, 6.45) is 0.586. The molecule has 2 unspecified atom stereocenters. The Morgan fingerprint density at radius 1 is 1.00 bits per heavy atom. The number of ether oxygens (including phenoxy) is 1. The van der Waals surface area contributed by atoms with Crippen LogP contribution in [0.3, 0.4) is 0 Å². The zero-order valence-corrected chi connectivity index (χ0v) is 15.3. The van der Waals surface area contributed by atoms with Gasteiger partial charge in [-0.3, -0.25) is 9.59 Å². The lowest BCUT2D eigenvalue weighted by molar-refractivity contribution is -0.127. The lowest BCUT2D eigenvalue weighted by atomic mass is 10.2. The Balaban J connectivity index is 1.43. The summed E-state index contributed by atoms with van der Waals surface area (Å²) in [4.78, 5) is 24.4. The smallest absolute Gasteiger partial charge is 0.224 e. The maximum atomic E-state index is 12.2. The number of benzene rings is 2. The van der Waals surface area contributed by atoms with Crippen molar-refractivity contribution < 1.29 is 14.3 Å². The molecule has 1 aliphatic carbocycles. The zero-order valence-electron chi connectivity index (χ0n) is 14.5. The molecule has 0 aromatic heterocycles. The zero-order chi connectivity index (χ0) is 18.5. The number of carbonyl (C=O) groups excluding carboxylic acids is 2. The summed E-state index contributed by atoms with van der Waals surface area (Å²) in [7, 11) is 1.61. The van der Waals surface area contributed by atoms with Crippen LogP contribution in [0.2, 0.25) is 5.02 Å². The van der Waals surface area contributed by atoms with Crippen molar-refractivity contribution in [1.82, 2.24) is 10.6 Å². The van der Waals surface area contributed by atoms with Crippen molar-refractivity contribution >= 4 is 23.4 Å². The van der Waals surface area contributed by atoms with Gasteiger partial charge in [0.15, 0.2) is 0 Å². The lowest BCUT2D eigenvalue weighted by Gasteiger charge is -2.08. The largest absolute Gasteiger partial charge is 0.497 e.